The molecule has 0 saturated heterocycles. The molecule has 1 atom stereocenters. The average molecular weight is 734 g/mol. The monoisotopic (exact) mass is 733 g/mol. The van der Waals surface area contributed by atoms with Crippen molar-refractivity contribution in [1.82, 2.24) is 5.32 Å². The smallest absolute Gasteiger partial charge is 0.137 e. The van der Waals surface area contributed by atoms with Crippen molar-refractivity contribution < 1.29 is 8.83 Å². The SMILES string of the molecule is C1=C(c2ccccc2)N=C(c2ccccc2)NC1c1cccc2oc3cc(N(c4ccc(-c5ccccc5)cc4)c4ccc5oc6ccccc6c5c4)ccc3c12. The second-order valence-corrected chi connectivity index (χ2v) is 14.4. The Labute approximate surface area is 329 Å². The number of nitrogens with zero attached hydrogens (tertiary/aromatic N) is 2. The van der Waals surface area contributed by atoms with Crippen molar-refractivity contribution in [3.8, 4) is 11.1 Å². The molecule has 11 rings (SSSR count). The number of rotatable bonds is 7. The van der Waals surface area contributed by atoms with E-state index in [-0.39, 0.29) is 6.04 Å². The van der Waals surface area contributed by atoms with Crippen molar-refractivity contribution in [3.63, 3.8) is 0 Å². The topological polar surface area (TPSA) is 53.9 Å². The number of fused-ring (bicyclic) bond motifs is 6. The van der Waals surface area contributed by atoms with Crippen molar-refractivity contribution in [2.45, 2.75) is 6.04 Å². The van der Waals surface area contributed by atoms with Crippen LogP contribution in [0, 0.1) is 0 Å². The Hall–Kier alpha value is -7.63. The predicted molar refractivity (Wildman–Crippen MR) is 234 cm³/mol. The van der Waals surface area contributed by atoms with Crippen LogP contribution in [0.5, 0.6) is 0 Å². The third-order valence-corrected chi connectivity index (χ3v) is 10.9. The summed E-state index contributed by atoms with van der Waals surface area (Å²) in [5.74, 6) is 0.838. The van der Waals surface area contributed by atoms with Crippen LogP contribution in [0.15, 0.2) is 214 Å². The number of amidine groups is 1. The van der Waals surface area contributed by atoms with Crippen molar-refractivity contribution in [3.05, 3.63) is 217 Å². The minimum Gasteiger partial charge on any atom is -0.456 e. The van der Waals surface area contributed by atoms with Gasteiger partial charge in [0.2, 0.25) is 0 Å². The Morgan fingerprint density at radius 1 is 0.421 bits per heavy atom. The van der Waals surface area contributed by atoms with E-state index in [1.807, 2.05) is 42.5 Å². The summed E-state index contributed by atoms with van der Waals surface area (Å²) in [6, 6.07) is 67.4. The largest absolute Gasteiger partial charge is 0.456 e. The normalized spacial score (nSPS) is 14.1. The van der Waals surface area contributed by atoms with Crippen LogP contribution < -0.4 is 10.2 Å². The van der Waals surface area contributed by atoms with Gasteiger partial charge in [-0.25, -0.2) is 4.99 Å². The van der Waals surface area contributed by atoms with Crippen molar-refractivity contribution >= 4 is 72.5 Å². The Balaban J connectivity index is 1.04. The highest BCUT2D eigenvalue weighted by atomic mass is 16.3. The minimum absolute atomic E-state index is 0.145. The molecule has 0 saturated carbocycles. The Morgan fingerprint density at radius 2 is 1.02 bits per heavy atom. The fraction of sp³-hybridized carbons (Fsp3) is 0.0192. The molecule has 1 aliphatic rings. The summed E-state index contributed by atoms with van der Waals surface area (Å²) in [5, 5.41) is 8.07. The number of hydrogen-bond donors (Lipinski definition) is 1. The van der Waals surface area contributed by atoms with Gasteiger partial charge in [-0.15, -0.1) is 0 Å². The number of aliphatic imine (C=N–C) groups is 1. The Kier molecular flexibility index (Phi) is 7.81. The third kappa shape index (κ3) is 5.85. The van der Waals surface area contributed by atoms with Crippen LogP contribution >= 0.6 is 0 Å². The van der Waals surface area contributed by atoms with Crippen LogP contribution in [0.3, 0.4) is 0 Å². The van der Waals surface area contributed by atoms with Gasteiger partial charge in [-0.3, -0.25) is 0 Å². The van der Waals surface area contributed by atoms with Crippen molar-refractivity contribution in [2.24, 2.45) is 4.99 Å². The molecule has 0 aliphatic carbocycles. The van der Waals surface area contributed by atoms with E-state index in [1.54, 1.807) is 0 Å². The molecule has 3 heterocycles. The molecule has 0 fully saturated rings. The molecular weight excluding hydrogens is 699 g/mol. The summed E-state index contributed by atoms with van der Waals surface area (Å²) in [7, 11) is 0. The molecule has 5 heteroatoms. The molecule has 270 valence electrons. The maximum atomic E-state index is 6.74. The molecule has 1 aliphatic heterocycles. The van der Waals surface area contributed by atoms with Gasteiger partial charge in [0.1, 0.15) is 28.2 Å². The molecule has 1 N–H and O–H groups in total. The summed E-state index contributed by atoms with van der Waals surface area (Å²) in [6.07, 6.45) is 2.22. The first kappa shape index (κ1) is 32.8. The first-order chi connectivity index (χ1) is 28.2. The van der Waals surface area contributed by atoms with Crippen molar-refractivity contribution in [1.29, 1.82) is 0 Å². The van der Waals surface area contributed by atoms with Gasteiger partial charge in [-0.2, -0.15) is 0 Å². The average Bonchev–Trinajstić information content (AvgIpc) is 3.85. The van der Waals surface area contributed by atoms with Gasteiger partial charge in [0.25, 0.3) is 0 Å². The van der Waals surface area contributed by atoms with Gasteiger partial charge >= 0.3 is 0 Å². The number of nitrogens with one attached hydrogen (secondary N) is 1. The molecule has 0 radical (unpaired) electrons. The van der Waals surface area contributed by atoms with E-state index in [0.717, 1.165) is 94.7 Å². The molecule has 8 aromatic carbocycles. The summed E-state index contributed by atoms with van der Waals surface area (Å²) in [6.45, 7) is 0. The first-order valence-corrected chi connectivity index (χ1v) is 19.2. The summed E-state index contributed by atoms with van der Waals surface area (Å²) >= 11 is 0. The van der Waals surface area contributed by atoms with E-state index in [2.05, 4.69) is 168 Å². The van der Waals surface area contributed by atoms with E-state index in [0.29, 0.717) is 0 Å². The molecule has 0 spiro atoms. The maximum absolute atomic E-state index is 6.74. The van der Waals surface area contributed by atoms with E-state index in [1.165, 1.54) is 5.56 Å². The second kappa shape index (κ2) is 13.6. The first-order valence-electron chi connectivity index (χ1n) is 19.2. The molecular formula is C52H35N3O2. The standard InChI is InChI=1S/C52H35N3O2/c1-4-13-34(14-5-1)35-23-25-38(26-24-35)55(39-28-30-48-44(31-39)41-19-10-11-21-47(41)56-48)40-27-29-43-50(32-40)57-49-22-12-20-42(51(43)49)46-33-45(36-15-6-2-7-16-36)53-52(54-46)37-17-8-3-9-18-37/h1-33,46H,(H,53,54). The van der Waals surface area contributed by atoms with E-state index < -0.39 is 0 Å². The minimum atomic E-state index is -0.145. The van der Waals surface area contributed by atoms with Gasteiger partial charge < -0.3 is 19.1 Å². The van der Waals surface area contributed by atoms with Gasteiger partial charge in [-0.05, 0) is 82.9 Å². The lowest BCUT2D eigenvalue weighted by atomic mass is 9.96. The van der Waals surface area contributed by atoms with Gasteiger partial charge in [-0.1, -0.05) is 133 Å². The van der Waals surface area contributed by atoms with E-state index in [9.17, 15) is 0 Å². The van der Waals surface area contributed by atoms with E-state index >= 15 is 0 Å². The lowest BCUT2D eigenvalue weighted by molar-refractivity contribution is 0.667. The van der Waals surface area contributed by atoms with Crippen LogP contribution in [-0.2, 0) is 0 Å². The number of anilines is 3. The molecule has 2 aromatic heterocycles. The zero-order valence-electron chi connectivity index (χ0n) is 30.8. The maximum Gasteiger partial charge on any atom is 0.137 e. The van der Waals surface area contributed by atoms with Gasteiger partial charge in [0.05, 0.1) is 11.7 Å². The van der Waals surface area contributed by atoms with Crippen LogP contribution in [0.1, 0.15) is 22.7 Å². The zero-order valence-corrected chi connectivity index (χ0v) is 30.8. The lowest BCUT2D eigenvalue weighted by Gasteiger charge is -2.26. The fourth-order valence-corrected chi connectivity index (χ4v) is 8.19. The summed E-state index contributed by atoms with van der Waals surface area (Å²) in [5.41, 5.74) is 13.0. The zero-order chi connectivity index (χ0) is 37.7. The van der Waals surface area contributed by atoms with Crippen LogP contribution in [0.25, 0.3) is 60.7 Å². The summed E-state index contributed by atoms with van der Waals surface area (Å²) < 4.78 is 13.0. The number of hydrogen-bond acceptors (Lipinski definition) is 5. The highest BCUT2D eigenvalue weighted by Gasteiger charge is 2.24. The molecule has 1 unspecified atom stereocenters. The highest BCUT2D eigenvalue weighted by Crippen LogP contribution is 2.43. The lowest BCUT2D eigenvalue weighted by Crippen LogP contribution is -2.31. The van der Waals surface area contributed by atoms with Crippen LogP contribution in [-0.4, -0.2) is 5.84 Å². The second-order valence-electron chi connectivity index (χ2n) is 14.4. The summed E-state index contributed by atoms with van der Waals surface area (Å²) in [4.78, 5) is 7.40. The van der Waals surface area contributed by atoms with Gasteiger partial charge in [0, 0.05) is 50.2 Å². The molecule has 0 bridgehead atoms. The quantitative estimate of drug-likeness (QED) is 0.177. The van der Waals surface area contributed by atoms with Crippen LogP contribution in [0.4, 0.5) is 17.1 Å². The van der Waals surface area contributed by atoms with Crippen LogP contribution in [0.2, 0.25) is 0 Å². The highest BCUT2D eigenvalue weighted by molar-refractivity contribution is 6.10. The number of furan rings is 2. The number of para-hydroxylation sites is 1. The Morgan fingerprint density at radius 3 is 1.81 bits per heavy atom. The molecule has 10 aromatic rings. The predicted octanol–water partition coefficient (Wildman–Crippen LogP) is 13.8. The number of benzene rings is 8. The fourth-order valence-electron chi connectivity index (χ4n) is 8.19. The van der Waals surface area contributed by atoms with Crippen molar-refractivity contribution in [2.75, 3.05) is 4.90 Å². The molecule has 0 amide bonds. The van der Waals surface area contributed by atoms with Gasteiger partial charge in [0.15, 0.2) is 0 Å². The third-order valence-electron chi connectivity index (χ3n) is 10.9. The molecule has 57 heavy (non-hydrogen) atoms. The molecule has 5 nitrogen and oxygen atoms in total. The Bertz CT molecular complexity index is 3140. The van der Waals surface area contributed by atoms with E-state index in [4.69, 9.17) is 13.8 Å².